The highest BCUT2D eigenvalue weighted by atomic mass is 32.1. The summed E-state index contributed by atoms with van der Waals surface area (Å²) in [7, 11) is 1.58. The molecule has 1 rings (SSSR count). The van der Waals surface area contributed by atoms with Crippen LogP contribution < -0.4 is 11.1 Å². The quantitative estimate of drug-likeness (QED) is 0.611. The molecule has 3 N–H and O–H groups in total. The van der Waals surface area contributed by atoms with Gasteiger partial charge in [-0.2, -0.15) is 0 Å². The van der Waals surface area contributed by atoms with Crippen molar-refractivity contribution in [2.45, 2.75) is 12.8 Å². The fourth-order valence-electron chi connectivity index (χ4n) is 1.39. The standard InChI is InChI=1S/C12H15FN2O2S/c1-17-6-2-3-11(16)15-8-4-5-10(13)9(7-8)12(14)18/h4-5,7H,2-3,6H2,1H3,(H2,14,18)(H,15,16). The van der Waals surface area contributed by atoms with Crippen LogP contribution in [0.4, 0.5) is 10.1 Å². The minimum absolute atomic E-state index is 0.0389. The molecule has 1 aromatic carbocycles. The lowest BCUT2D eigenvalue weighted by Crippen LogP contribution is -2.15. The van der Waals surface area contributed by atoms with Crippen molar-refractivity contribution in [2.75, 3.05) is 19.0 Å². The summed E-state index contributed by atoms with van der Waals surface area (Å²) in [5.74, 6) is -0.660. The third-order valence-corrected chi connectivity index (χ3v) is 2.49. The molecule has 0 saturated carbocycles. The zero-order valence-electron chi connectivity index (χ0n) is 10.0. The highest BCUT2D eigenvalue weighted by Gasteiger charge is 2.08. The monoisotopic (exact) mass is 270 g/mol. The fraction of sp³-hybridized carbons (Fsp3) is 0.333. The minimum atomic E-state index is -0.500. The van der Waals surface area contributed by atoms with Crippen molar-refractivity contribution < 1.29 is 13.9 Å². The zero-order chi connectivity index (χ0) is 13.5. The van der Waals surface area contributed by atoms with E-state index in [1.165, 1.54) is 18.2 Å². The summed E-state index contributed by atoms with van der Waals surface area (Å²) in [6.07, 6.45) is 0.972. The number of amides is 1. The summed E-state index contributed by atoms with van der Waals surface area (Å²) in [6, 6.07) is 4.11. The lowest BCUT2D eigenvalue weighted by Gasteiger charge is -2.07. The number of methoxy groups -OCH3 is 1. The first-order chi connectivity index (χ1) is 8.54. The Balaban J connectivity index is 2.65. The van der Waals surface area contributed by atoms with Crippen LogP contribution in [0.3, 0.4) is 0 Å². The number of benzene rings is 1. The van der Waals surface area contributed by atoms with Gasteiger partial charge >= 0.3 is 0 Å². The molecular weight excluding hydrogens is 255 g/mol. The van der Waals surface area contributed by atoms with Gasteiger partial charge < -0.3 is 15.8 Å². The Kier molecular flexibility index (Phi) is 5.67. The molecule has 1 aromatic rings. The number of nitrogens with two attached hydrogens (primary N) is 1. The third kappa shape index (κ3) is 4.38. The van der Waals surface area contributed by atoms with E-state index < -0.39 is 5.82 Å². The summed E-state index contributed by atoms with van der Waals surface area (Å²) in [4.78, 5) is 11.5. The average molecular weight is 270 g/mol. The first-order valence-electron chi connectivity index (χ1n) is 5.42. The van der Waals surface area contributed by atoms with Gasteiger partial charge in [0.1, 0.15) is 10.8 Å². The number of ether oxygens (including phenoxy) is 1. The molecule has 0 aromatic heterocycles. The van der Waals surface area contributed by atoms with Crippen molar-refractivity contribution in [1.29, 1.82) is 0 Å². The van der Waals surface area contributed by atoms with Crippen molar-refractivity contribution in [3.63, 3.8) is 0 Å². The first kappa shape index (κ1) is 14.5. The summed E-state index contributed by atoms with van der Waals surface area (Å²) >= 11 is 4.72. The molecule has 4 nitrogen and oxygen atoms in total. The lowest BCUT2D eigenvalue weighted by atomic mass is 10.2. The fourth-order valence-corrected chi connectivity index (χ4v) is 1.55. The van der Waals surface area contributed by atoms with Gasteiger partial charge in [0.2, 0.25) is 5.91 Å². The number of anilines is 1. The predicted molar refractivity (Wildman–Crippen MR) is 72.0 cm³/mol. The molecule has 0 aliphatic heterocycles. The number of halogens is 1. The maximum atomic E-state index is 13.3. The van der Waals surface area contributed by atoms with Gasteiger partial charge in [0.25, 0.3) is 0 Å². The van der Waals surface area contributed by atoms with Crippen molar-refractivity contribution in [3.05, 3.63) is 29.6 Å². The molecule has 0 aliphatic rings. The van der Waals surface area contributed by atoms with Crippen LogP contribution in [0, 0.1) is 5.82 Å². The van der Waals surface area contributed by atoms with Crippen LogP contribution in [-0.4, -0.2) is 24.6 Å². The van der Waals surface area contributed by atoms with Crippen LogP contribution in [0.1, 0.15) is 18.4 Å². The van der Waals surface area contributed by atoms with Crippen LogP contribution in [-0.2, 0) is 9.53 Å². The number of hydrogen-bond donors (Lipinski definition) is 2. The van der Waals surface area contributed by atoms with E-state index in [1.54, 1.807) is 7.11 Å². The molecule has 0 saturated heterocycles. The van der Waals surface area contributed by atoms with E-state index in [2.05, 4.69) is 5.32 Å². The number of rotatable bonds is 6. The topological polar surface area (TPSA) is 64.3 Å². The van der Waals surface area contributed by atoms with Crippen LogP contribution in [0.15, 0.2) is 18.2 Å². The Morgan fingerprint density at radius 2 is 2.28 bits per heavy atom. The second-order valence-corrected chi connectivity index (χ2v) is 4.14. The highest BCUT2D eigenvalue weighted by molar-refractivity contribution is 7.80. The number of carbonyl (C=O) groups excluding carboxylic acids is 1. The van der Waals surface area contributed by atoms with Crippen LogP contribution in [0.5, 0.6) is 0 Å². The summed E-state index contributed by atoms with van der Waals surface area (Å²) in [5.41, 5.74) is 5.97. The Bertz CT molecular complexity index is 452. The highest BCUT2D eigenvalue weighted by Crippen LogP contribution is 2.15. The summed E-state index contributed by atoms with van der Waals surface area (Å²) in [6.45, 7) is 0.523. The molecular formula is C12H15FN2O2S. The number of carbonyl (C=O) groups is 1. The van der Waals surface area contributed by atoms with Gasteiger partial charge in [0.05, 0.1) is 0 Å². The molecule has 0 spiro atoms. The smallest absolute Gasteiger partial charge is 0.224 e. The lowest BCUT2D eigenvalue weighted by molar-refractivity contribution is -0.116. The van der Waals surface area contributed by atoms with Gasteiger partial charge in [-0.15, -0.1) is 0 Å². The number of hydrogen-bond acceptors (Lipinski definition) is 3. The van der Waals surface area contributed by atoms with E-state index in [1.807, 2.05) is 0 Å². The molecule has 1 amide bonds. The van der Waals surface area contributed by atoms with Crippen molar-refractivity contribution in [1.82, 2.24) is 0 Å². The largest absolute Gasteiger partial charge is 0.389 e. The van der Waals surface area contributed by atoms with Crippen molar-refractivity contribution >= 4 is 28.8 Å². The SMILES string of the molecule is COCCCC(=O)Nc1ccc(F)c(C(N)=S)c1. The molecule has 0 heterocycles. The van der Waals surface area contributed by atoms with E-state index in [4.69, 9.17) is 22.7 Å². The molecule has 0 atom stereocenters. The molecule has 0 unspecified atom stereocenters. The maximum Gasteiger partial charge on any atom is 0.224 e. The Morgan fingerprint density at radius 3 is 2.89 bits per heavy atom. The van der Waals surface area contributed by atoms with Gasteiger partial charge in [-0.3, -0.25) is 4.79 Å². The van der Waals surface area contributed by atoms with Gasteiger partial charge in [-0.1, -0.05) is 12.2 Å². The van der Waals surface area contributed by atoms with E-state index in [0.29, 0.717) is 25.1 Å². The van der Waals surface area contributed by atoms with Crippen LogP contribution in [0.2, 0.25) is 0 Å². The Morgan fingerprint density at radius 1 is 1.56 bits per heavy atom. The van der Waals surface area contributed by atoms with E-state index in [9.17, 15) is 9.18 Å². The summed E-state index contributed by atoms with van der Waals surface area (Å²) < 4.78 is 18.2. The van der Waals surface area contributed by atoms with Gasteiger partial charge in [0, 0.05) is 31.4 Å². The molecule has 0 radical (unpaired) electrons. The van der Waals surface area contributed by atoms with Gasteiger partial charge in [-0.25, -0.2) is 4.39 Å². The summed E-state index contributed by atoms with van der Waals surface area (Å²) in [5, 5.41) is 2.65. The van der Waals surface area contributed by atoms with Gasteiger partial charge in [0.15, 0.2) is 0 Å². The molecule has 0 fully saturated rings. The number of thiocarbonyl (C=S) groups is 1. The molecule has 6 heteroatoms. The first-order valence-corrected chi connectivity index (χ1v) is 5.83. The van der Waals surface area contributed by atoms with Crippen LogP contribution in [0.25, 0.3) is 0 Å². The van der Waals surface area contributed by atoms with Gasteiger partial charge in [-0.05, 0) is 24.6 Å². The normalized spacial score (nSPS) is 10.1. The molecule has 0 bridgehead atoms. The zero-order valence-corrected chi connectivity index (χ0v) is 10.8. The third-order valence-electron chi connectivity index (χ3n) is 2.27. The maximum absolute atomic E-state index is 13.3. The molecule has 98 valence electrons. The predicted octanol–water partition coefficient (Wildman–Crippen LogP) is 1.83. The molecule has 18 heavy (non-hydrogen) atoms. The minimum Gasteiger partial charge on any atom is -0.389 e. The Hall–Kier alpha value is -1.53. The molecule has 0 aliphatic carbocycles. The van der Waals surface area contributed by atoms with Crippen molar-refractivity contribution in [2.24, 2.45) is 5.73 Å². The van der Waals surface area contributed by atoms with Crippen molar-refractivity contribution in [3.8, 4) is 0 Å². The van der Waals surface area contributed by atoms with E-state index in [-0.39, 0.29) is 16.5 Å². The Labute approximate surface area is 110 Å². The van der Waals surface area contributed by atoms with Crippen LogP contribution >= 0.6 is 12.2 Å². The average Bonchev–Trinajstić information content (AvgIpc) is 2.31. The number of nitrogens with one attached hydrogen (secondary N) is 1. The van der Waals surface area contributed by atoms with E-state index >= 15 is 0 Å². The second-order valence-electron chi connectivity index (χ2n) is 3.70. The second kappa shape index (κ2) is 7.03. The van der Waals surface area contributed by atoms with E-state index in [0.717, 1.165) is 0 Å².